The van der Waals surface area contributed by atoms with Crippen LogP contribution in [-0.2, 0) is 10.3 Å². The molecule has 0 saturated heterocycles. The van der Waals surface area contributed by atoms with E-state index < -0.39 is 11.6 Å². The minimum atomic E-state index is -1.11. The van der Waals surface area contributed by atoms with Gasteiger partial charge >= 0.3 is 6.03 Å². The average molecular weight is 385 g/mol. The van der Waals surface area contributed by atoms with Crippen molar-refractivity contribution in [1.29, 1.82) is 0 Å². The molecule has 0 aliphatic rings. The summed E-state index contributed by atoms with van der Waals surface area (Å²) in [6.07, 6.45) is 1.79. The standard InChI is InChI=1S/C20H23N3O5/c1-5-14-8-9-17(28-14)20(3,23-19(26)22-12-24)11-21-18(25)16-10-15(27-4)7-6-13(16)2/h5-10,12H,1,11H2,2-4H3,(H,21,25)(H2,22,23,24,26)/t20-/m0/s1. The van der Waals surface area contributed by atoms with E-state index in [4.69, 9.17) is 9.15 Å². The van der Waals surface area contributed by atoms with Crippen LogP contribution in [0.3, 0.4) is 0 Å². The number of benzene rings is 1. The number of carbonyl (C=O) groups is 3. The minimum Gasteiger partial charge on any atom is -0.497 e. The van der Waals surface area contributed by atoms with Gasteiger partial charge in [0.2, 0.25) is 6.41 Å². The fourth-order valence-corrected chi connectivity index (χ4v) is 2.62. The van der Waals surface area contributed by atoms with Gasteiger partial charge in [-0.25, -0.2) is 4.79 Å². The zero-order valence-corrected chi connectivity index (χ0v) is 16.0. The Bertz CT molecular complexity index is 890. The first-order valence-electron chi connectivity index (χ1n) is 8.51. The molecule has 28 heavy (non-hydrogen) atoms. The van der Waals surface area contributed by atoms with Crippen LogP contribution in [0.1, 0.15) is 34.4 Å². The zero-order chi connectivity index (χ0) is 20.7. The number of ether oxygens (including phenoxy) is 1. The maximum Gasteiger partial charge on any atom is 0.322 e. The third-order valence-corrected chi connectivity index (χ3v) is 4.24. The van der Waals surface area contributed by atoms with Gasteiger partial charge in [0.15, 0.2) is 0 Å². The largest absolute Gasteiger partial charge is 0.497 e. The molecule has 2 rings (SSSR count). The molecule has 1 heterocycles. The van der Waals surface area contributed by atoms with Crippen molar-refractivity contribution in [3.63, 3.8) is 0 Å². The van der Waals surface area contributed by atoms with Gasteiger partial charge in [0.05, 0.1) is 7.11 Å². The number of imide groups is 1. The molecule has 0 radical (unpaired) electrons. The van der Waals surface area contributed by atoms with Crippen LogP contribution in [0.25, 0.3) is 6.08 Å². The lowest BCUT2D eigenvalue weighted by molar-refractivity contribution is -0.108. The summed E-state index contributed by atoms with van der Waals surface area (Å²) < 4.78 is 10.8. The molecular formula is C20H23N3O5. The number of carbonyl (C=O) groups excluding carboxylic acids is 3. The molecule has 0 unspecified atom stereocenters. The molecule has 3 N–H and O–H groups in total. The van der Waals surface area contributed by atoms with Gasteiger partial charge in [-0.1, -0.05) is 12.6 Å². The summed E-state index contributed by atoms with van der Waals surface area (Å²) in [5, 5.41) is 7.45. The number of hydrogen-bond donors (Lipinski definition) is 3. The maximum atomic E-state index is 12.7. The van der Waals surface area contributed by atoms with Crippen LogP contribution in [0, 0.1) is 6.92 Å². The summed E-state index contributed by atoms with van der Waals surface area (Å²) in [5.41, 5.74) is 0.112. The number of furan rings is 1. The van der Waals surface area contributed by atoms with E-state index in [-0.39, 0.29) is 18.9 Å². The molecule has 8 nitrogen and oxygen atoms in total. The normalized spacial score (nSPS) is 12.4. The van der Waals surface area contributed by atoms with Crippen LogP contribution in [0.2, 0.25) is 0 Å². The highest BCUT2D eigenvalue weighted by Gasteiger charge is 2.33. The van der Waals surface area contributed by atoms with Crippen LogP contribution in [0.15, 0.2) is 41.3 Å². The van der Waals surface area contributed by atoms with Crippen molar-refractivity contribution in [3.05, 3.63) is 59.6 Å². The molecule has 1 atom stereocenters. The first-order chi connectivity index (χ1) is 13.3. The molecule has 0 fully saturated rings. The number of urea groups is 1. The zero-order valence-electron chi connectivity index (χ0n) is 16.0. The van der Waals surface area contributed by atoms with Gasteiger partial charge in [-0.2, -0.15) is 0 Å². The Morgan fingerprint density at radius 3 is 2.64 bits per heavy atom. The predicted octanol–water partition coefficient (Wildman–Crippen LogP) is 2.34. The van der Waals surface area contributed by atoms with Gasteiger partial charge in [0, 0.05) is 12.1 Å². The lowest BCUT2D eigenvalue weighted by Gasteiger charge is -2.29. The first-order valence-corrected chi connectivity index (χ1v) is 8.51. The van der Waals surface area contributed by atoms with E-state index in [0.717, 1.165) is 5.56 Å². The Morgan fingerprint density at radius 2 is 2.04 bits per heavy atom. The van der Waals surface area contributed by atoms with E-state index in [2.05, 4.69) is 17.2 Å². The van der Waals surface area contributed by atoms with E-state index in [0.29, 0.717) is 22.8 Å². The highest BCUT2D eigenvalue weighted by molar-refractivity contribution is 5.96. The minimum absolute atomic E-state index is 0.0128. The summed E-state index contributed by atoms with van der Waals surface area (Å²) >= 11 is 0. The summed E-state index contributed by atoms with van der Waals surface area (Å²) in [6.45, 7) is 7.13. The second-order valence-electron chi connectivity index (χ2n) is 6.32. The average Bonchev–Trinajstić information content (AvgIpc) is 3.17. The molecule has 0 bridgehead atoms. The SMILES string of the molecule is C=Cc1ccc([C@](C)(CNC(=O)c2cc(OC)ccc2C)NC(=O)NC=O)o1. The lowest BCUT2D eigenvalue weighted by Crippen LogP contribution is -2.53. The first kappa shape index (κ1) is 20.8. The van der Waals surface area contributed by atoms with Gasteiger partial charge in [-0.15, -0.1) is 0 Å². The number of methoxy groups -OCH3 is 1. The number of aryl methyl sites for hydroxylation is 1. The molecule has 8 heteroatoms. The van der Waals surface area contributed by atoms with Crippen molar-refractivity contribution in [3.8, 4) is 5.75 Å². The second-order valence-corrected chi connectivity index (χ2v) is 6.32. The number of hydrogen-bond acceptors (Lipinski definition) is 5. The number of nitrogens with one attached hydrogen (secondary N) is 3. The molecule has 1 aromatic heterocycles. The van der Waals surface area contributed by atoms with E-state index in [1.165, 1.54) is 13.2 Å². The van der Waals surface area contributed by atoms with E-state index >= 15 is 0 Å². The quantitative estimate of drug-likeness (QED) is 0.604. The molecule has 0 aliphatic heterocycles. The summed E-state index contributed by atoms with van der Waals surface area (Å²) in [5.74, 6) is 1.12. The molecule has 0 saturated carbocycles. The highest BCUT2D eigenvalue weighted by Crippen LogP contribution is 2.24. The van der Waals surface area contributed by atoms with E-state index in [1.54, 1.807) is 37.3 Å². The fourth-order valence-electron chi connectivity index (χ4n) is 2.62. The Kier molecular flexibility index (Phi) is 6.59. The monoisotopic (exact) mass is 385 g/mol. The van der Waals surface area contributed by atoms with E-state index in [9.17, 15) is 14.4 Å². The number of rotatable bonds is 8. The van der Waals surface area contributed by atoms with Crippen molar-refractivity contribution >= 4 is 24.4 Å². The Balaban J connectivity index is 2.24. The van der Waals surface area contributed by atoms with Gasteiger partial charge in [-0.05, 0) is 49.8 Å². The smallest absolute Gasteiger partial charge is 0.322 e. The summed E-state index contributed by atoms with van der Waals surface area (Å²) in [4.78, 5) is 35.1. The third kappa shape index (κ3) is 4.79. The van der Waals surface area contributed by atoms with E-state index in [1.807, 2.05) is 12.2 Å². The Labute approximate surface area is 162 Å². The van der Waals surface area contributed by atoms with Crippen molar-refractivity contribution in [2.24, 2.45) is 0 Å². The lowest BCUT2D eigenvalue weighted by atomic mass is 9.98. The fraction of sp³-hybridized carbons (Fsp3) is 0.250. The Hall–Kier alpha value is -3.55. The summed E-state index contributed by atoms with van der Waals surface area (Å²) in [7, 11) is 1.52. The molecule has 4 amide bonds. The second kappa shape index (κ2) is 8.90. The van der Waals surface area contributed by atoms with Crippen molar-refractivity contribution in [2.45, 2.75) is 19.4 Å². The van der Waals surface area contributed by atoms with Gasteiger partial charge in [0.1, 0.15) is 22.8 Å². The van der Waals surface area contributed by atoms with Gasteiger partial charge in [-0.3, -0.25) is 14.9 Å². The van der Waals surface area contributed by atoms with Crippen LogP contribution >= 0.6 is 0 Å². The van der Waals surface area contributed by atoms with Crippen molar-refractivity contribution < 1.29 is 23.5 Å². The molecule has 2 aromatic rings. The molecule has 0 spiro atoms. The van der Waals surface area contributed by atoms with Gasteiger partial charge in [0.25, 0.3) is 5.91 Å². The maximum absolute atomic E-state index is 12.7. The van der Waals surface area contributed by atoms with Crippen molar-refractivity contribution in [1.82, 2.24) is 16.0 Å². The summed E-state index contributed by atoms with van der Waals surface area (Å²) in [6, 6.07) is 7.82. The molecule has 1 aromatic carbocycles. The van der Waals surface area contributed by atoms with Gasteiger partial charge < -0.3 is 19.8 Å². The van der Waals surface area contributed by atoms with Crippen molar-refractivity contribution in [2.75, 3.05) is 13.7 Å². The molecule has 148 valence electrons. The number of amides is 4. The van der Waals surface area contributed by atoms with Crippen LogP contribution in [0.4, 0.5) is 4.79 Å². The Morgan fingerprint density at radius 1 is 1.29 bits per heavy atom. The third-order valence-electron chi connectivity index (χ3n) is 4.24. The van der Waals surface area contributed by atoms with Crippen LogP contribution < -0.4 is 20.7 Å². The topological polar surface area (TPSA) is 110 Å². The van der Waals surface area contributed by atoms with Crippen LogP contribution in [0.5, 0.6) is 5.75 Å². The molecular weight excluding hydrogens is 362 g/mol. The molecule has 0 aliphatic carbocycles. The van der Waals surface area contributed by atoms with Crippen LogP contribution in [-0.4, -0.2) is 32.0 Å². The predicted molar refractivity (Wildman–Crippen MR) is 104 cm³/mol. The highest BCUT2D eigenvalue weighted by atomic mass is 16.5.